The van der Waals surface area contributed by atoms with Gasteiger partial charge in [0, 0.05) is 13.1 Å². The van der Waals surface area contributed by atoms with Gasteiger partial charge in [0.05, 0.1) is 26.3 Å². The van der Waals surface area contributed by atoms with Crippen LogP contribution in [-0.4, -0.2) is 44.4 Å². The summed E-state index contributed by atoms with van der Waals surface area (Å²) in [7, 11) is 2.70. The molecule has 0 bridgehead atoms. The fourth-order valence-corrected chi connectivity index (χ4v) is 2.92. The Morgan fingerprint density at radius 1 is 1.00 bits per heavy atom. The van der Waals surface area contributed by atoms with E-state index in [1.165, 1.54) is 14.2 Å². The molecule has 0 aromatic heterocycles. The van der Waals surface area contributed by atoms with Gasteiger partial charge in [0.25, 0.3) is 0 Å². The Morgan fingerprint density at radius 3 is 2.56 bits per heavy atom. The summed E-state index contributed by atoms with van der Waals surface area (Å²) in [6.45, 7) is 1.15. The number of esters is 2. The minimum absolute atomic E-state index is 0.0838. The van der Waals surface area contributed by atoms with E-state index in [0.717, 1.165) is 11.1 Å². The molecule has 0 radical (unpaired) electrons. The van der Waals surface area contributed by atoms with Crippen LogP contribution in [0.1, 0.15) is 21.5 Å². The zero-order chi connectivity index (χ0) is 19.2. The van der Waals surface area contributed by atoms with E-state index < -0.39 is 5.97 Å². The lowest BCUT2D eigenvalue weighted by Gasteiger charge is -2.22. The van der Waals surface area contributed by atoms with Crippen LogP contribution in [-0.2, 0) is 27.4 Å². The van der Waals surface area contributed by atoms with Gasteiger partial charge in [-0.25, -0.2) is 4.79 Å². The van der Waals surface area contributed by atoms with E-state index >= 15 is 0 Å². The second-order valence-corrected chi connectivity index (χ2v) is 6.06. The van der Waals surface area contributed by atoms with Crippen molar-refractivity contribution in [3.63, 3.8) is 0 Å². The molecule has 0 saturated carbocycles. The lowest BCUT2D eigenvalue weighted by Crippen LogP contribution is -2.30. The van der Waals surface area contributed by atoms with Gasteiger partial charge >= 0.3 is 11.9 Å². The van der Waals surface area contributed by atoms with Crippen molar-refractivity contribution >= 4 is 11.9 Å². The first kappa shape index (κ1) is 18.7. The zero-order valence-corrected chi connectivity index (χ0v) is 15.3. The highest BCUT2D eigenvalue weighted by atomic mass is 16.7. The average molecular weight is 371 g/mol. The molecule has 0 unspecified atom stereocenters. The number of rotatable bonds is 7. The van der Waals surface area contributed by atoms with E-state index in [9.17, 15) is 9.59 Å². The van der Waals surface area contributed by atoms with E-state index in [-0.39, 0.29) is 19.3 Å². The van der Waals surface area contributed by atoms with Crippen molar-refractivity contribution < 1.29 is 28.5 Å². The molecule has 2 aromatic rings. The topological polar surface area (TPSA) is 74.3 Å². The molecular weight excluding hydrogens is 350 g/mol. The number of methoxy groups -OCH3 is 2. The van der Waals surface area contributed by atoms with Gasteiger partial charge in [-0.1, -0.05) is 24.3 Å². The van der Waals surface area contributed by atoms with Crippen LogP contribution in [0.25, 0.3) is 0 Å². The van der Waals surface area contributed by atoms with Gasteiger partial charge in [0.15, 0.2) is 11.5 Å². The van der Waals surface area contributed by atoms with E-state index in [4.69, 9.17) is 18.9 Å². The van der Waals surface area contributed by atoms with Crippen LogP contribution in [0.4, 0.5) is 0 Å². The average Bonchev–Trinajstić information content (AvgIpc) is 3.15. The quantitative estimate of drug-likeness (QED) is 0.692. The minimum atomic E-state index is -0.410. The summed E-state index contributed by atoms with van der Waals surface area (Å²) in [6, 6.07) is 12.8. The van der Waals surface area contributed by atoms with Gasteiger partial charge in [0.1, 0.15) is 0 Å². The van der Waals surface area contributed by atoms with Crippen LogP contribution in [0.15, 0.2) is 42.5 Å². The molecule has 27 heavy (non-hydrogen) atoms. The van der Waals surface area contributed by atoms with Crippen molar-refractivity contribution in [3.8, 4) is 11.5 Å². The summed E-state index contributed by atoms with van der Waals surface area (Å²) in [6.07, 6.45) is 0. The van der Waals surface area contributed by atoms with Gasteiger partial charge in [-0.3, -0.25) is 9.69 Å². The Morgan fingerprint density at radius 2 is 1.78 bits per heavy atom. The molecule has 0 atom stereocenters. The summed E-state index contributed by atoms with van der Waals surface area (Å²) < 4.78 is 20.4. The molecule has 2 aromatic carbocycles. The molecule has 3 rings (SSSR count). The highest BCUT2D eigenvalue weighted by Gasteiger charge is 2.19. The molecule has 1 aliphatic heterocycles. The molecule has 7 nitrogen and oxygen atoms in total. The first-order valence-corrected chi connectivity index (χ1v) is 8.44. The van der Waals surface area contributed by atoms with Gasteiger partial charge in [0.2, 0.25) is 6.79 Å². The number of benzene rings is 2. The Balaban J connectivity index is 1.82. The fraction of sp³-hybridized carbons (Fsp3) is 0.300. The smallest absolute Gasteiger partial charge is 0.338 e. The van der Waals surface area contributed by atoms with Crippen LogP contribution < -0.4 is 9.47 Å². The lowest BCUT2D eigenvalue weighted by molar-refractivity contribution is -0.142. The van der Waals surface area contributed by atoms with Crippen molar-refractivity contribution in [3.05, 3.63) is 59.2 Å². The Kier molecular flexibility index (Phi) is 5.93. The van der Waals surface area contributed by atoms with E-state index in [1.807, 2.05) is 35.2 Å². The summed E-state index contributed by atoms with van der Waals surface area (Å²) >= 11 is 0. The second-order valence-electron chi connectivity index (χ2n) is 6.06. The maximum Gasteiger partial charge on any atom is 0.338 e. The highest BCUT2D eigenvalue weighted by Crippen LogP contribution is 2.33. The van der Waals surface area contributed by atoms with Crippen LogP contribution >= 0.6 is 0 Å². The Bertz CT molecular complexity index is 835. The SMILES string of the molecule is COC(=O)CN(Cc1ccc2c(c1)OCO2)Cc1ccccc1C(=O)OC. The first-order chi connectivity index (χ1) is 13.1. The number of carbonyl (C=O) groups is 2. The summed E-state index contributed by atoms with van der Waals surface area (Å²) in [4.78, 5) is 25.8. The first-order valence-electron chi connectivity index (χ1n) is 8.44. The zero-order valence-electron chi connectivity index (χ0n) is 15.3. The maximum atomic E-state index is 12.0. The summed E-state index contributed by atoms with van der Waals surface area (Å²) in [5.74, 6) is 0.618. The third-order valence-electron chi connectivity index (χ3n) is 4.24. The molecule has 7 heteroatoms. The van der Waals surface area contributed by atoms with E-state index in [1.54, 1.807) is 12.1 Å². The lowest BCUT2D eigenvalue weighted by atomic mass is 10.1. The Labute approximate surface area is 157 Å². The predicted molar refractivity (Wildman–Crippen MR) is 96.5 cm³/mol. The standard InChI is InChI=1S/C20H21NO6/c1-24-19(22)12-21(10-14-7-8-17-18(9-14)27-13-26-17)11-15-5-3-4-6-16(15)20(23)25-2/h3-9H,10-13H2,1-2H3. The van der Waals surface area contributed by atoms with Gasteiger partial charge in [-0.2, -0.15) is 0 Å². The third kappa shape index (κ3) is 4.57. The fourth-order valence-electron chi connectivity index (χ4n) is 2.92. The molecule has 1 heterocycles. The van der Waals surface area contributed by atoms with Crippen molar-refractivity contribution in [2.75, 3.05) is 27.6 Å². The summed E-state index contributed by atoms with van der Waals surface area (Å²) in [5, 5.41) is 0. The molecule has 0 N–H and O–H groups in total. The number of hydrogen-bond acceptors (Lipinski definition) is 7. The monoisotopic (exact) mass is 371 g/mol. The maximum absolute atomic E-state index is 12.0. The summed E-state index contributed by atoms with van der Waals surface area (Å²) in [5.41, 5.74) is 2.20. The number of fused-ring (bicyclic) bond motifs is 1. The van der Waals surface area contributed by atoms with Crippen molar-refractivity contribution in [1.29, 1.82) is 0 Å². The van der Waals surface area contributed by atoms with E-state index in [2.05, 4.69) is 0 Å². The Hall–Kier alpha value is -3.06. The van der Waals surface area contributed by atoms with Crippen molar-refractivity contribution in [1.82, 2.24) is 4.90 Å². The van der Waals surface area contributed by atoms with E-state index in [0.29, 0.717) is 30.2 Å². The highest BCUT2D eigenvalue weighted by molar-refractivity contribution is 5.91. The van der Waals surface area contributed by atoms with Crippen LogP contribution in [0, 0.1) is 0 Å². The second kappa shape index (κ2) is 8.55. The normalized spacial score (nSPS) is 12.1. The molecule has 1 aliphatic rings. The molecule has 0 spiro atoms. The predicted octanol–water partition coefficient (Wildman–Crippen LogP) is 2.38. The van der Waals surface area contributed by atoms with Crippen molar-refractivity contribution in [2.45, 2.75) is 13.1 Å². The molecule has 0 fully saturated rings. The van der Waals surface area contributed by atoms with Crippen molar-refractivity contribution in [2.24, 2.45) is 0 Å². The van der Waals surface area contributed by atoms with Gasteiger partial charge < -0.3 is 18.9 Å². The van der Waals surface area contributed by atoms with Crippen LogP contribution in [0.3, 0.4) is 0 Å². The number of nitrogens with zero attached hydrogens (tertiary/aromatic N) is 1. The van der Waals surface area contributed by atoms with Gasteiger partial charge in [-0.05, 0) is 29.3 Å². The molecule has 142 valence electrons. The number of hydrogen-bond donors (Lipinski definition) is 0. The van der Waals surface area contributed by atoms with Crippen LogP contribution in [0.2, 0.25) is 0 Å². The molecule has 0 amide bonds. The molecule has 0 aliphatic carbocycles. The van der Waals surface area contributed by atoms with Crippen LogP contribution in [0.5, 0.6) is 11.5 Å². The molecule has 0 saturated heterocycles. The minimum Gasteiger partial charge on any atom is -0.468 e. The molecular formula is C20H21NO6. The number of carbonyl (C=O) groups excluding carboxylic acids is 2. The third-order valence-corrected chi connectivity index (χ3v) is 4.24. The van der Waals surface area contributed by atoms with Gasteiger partial charge in [-0.15, -0.1) is 0 Å². The number of ether oxygens (including phenoxy) is 4. The largest absolute Gasteiger partial charge is 0.468 e.